The van der Waals surface area contributed by atoms with Crippen molar-refractivity contribution in [1.29, 1.82) is 0 Å². The zero-order valence-corrected chi connectivity index (χ0v) is 37.1. The van der Waals surface area contributed by atoms with Crippen molar-refractivity contribution in [2.75, 3.05) is 0 Å². The van der Waals surface area contributed by atoms with Crippen LogP contribution >= 0.6 is 11.8 Å². The highest BCUT2D eigenvalue weighted by Crippen LogP contribution is 2.48. The highest BCUT2D eigenvalue weighted by molar-refractivity contribution is 8.12. The van der Waals surface area contributed by atoms with Gasteiger partial charge >= 0.3 is 0 Å². The van der Waals surface area contributed by atoms with Crippen LogP contribution in [0.15, 0.2) is 240 Å². The molecule has 1 unspecified atom stereocenters. The molecule has 0 amide bonds. The molecular weight excluding hydrogens is 833 g/mol. The van der Waals surface area contributed by atoms with E-state index in [4.69, 9.17) is 4.99 Å². The van der Waals surface area contributed by atoms with Gasteiger partial charge in [0.2, 0.25) is 5.96 Å². The second kappa shape index (κ2) is 15.1. The maximum atomic E-state index is 5.66. The summed E-state index contributed by atoms with van der Waals surface area (Å²) in [5, 5.41) is 13.7. The van der Waals surface area contributed by atoms with Gasteiger partial charge in [-0.25, -0.2) is 4.99 Å². The van der Waals surface area contributed by atoms with Crippen molar-refractivity contribution in [2.45, 2.75) is 6.04 Å². The molecule has 0 radical (unpaired) electrons. The largest absolute Gasteiger partial charge is 0.344 e. The molecule has 0 saturated carbocycles. The van der Waals surface area contributed by atoms with E-state index < -0.39 is 0 Å². The lowest BCUT2D eigenvalue weighted by molar-refractivity contribution is 0.835. The summed E-state index contributed by atoms with van der Waals surface area (Å²) >= 11 is 1.82. The number of rotatable bonds is 5. The summed E-state index contributed by atoms with van der Waals surface area (Å²) < 4.78 is 4.74. The van der Waals surface area contributed by atoms with Gasteiger partial charge < -0.3 is 9.88 Å². The standard InChI is InChI=1S/C62H40N4S/c1-3-15-41(16-4-1)59-38-54-61(67-59)60(42-28-26-40(27-29-42)49-24-13-19-39-14-9-10-22-48(39)49)64-62(63-54)66-57-33-31-46(36-52(57)53-34-43-17-7-8-18-44(43)37-58(53)66)45-30-32-56-51(35-45)50-23-11-12-25-55(50)65(56)47-20-5-2-6-21-47/h1-38,54H,(H,63,64). The van der Waals surface area contributed by atoms with Crippen molar-refractivity contribution in [1.82, 2.24) is 14.5 Å². The van der Waals surface area contributed by atoms with Crippen LogP contribution in [0.2, 0.25) is 0 Å². The molecule has 4 nitrogen and oxygen atoms in total. The van der Waals surface area contributed by atoms with Crippen molar-refractivity contribution >= 4 is 93.5 Å². The molecule has 0 spiro atoms. The summed E-state index contributed by atoms with van der Waals surface area (Å²) in [6.45, 7) is 0. The number of aliphatic imine (C=N–C) groups is 1. The molecule has 1 N–H and O–H groups in total. The summed E-state index contributed by atoms with van der Waals surface area (Å²) in [5.41, 5.74) is 13.9. The lowest BCUT2D eigenvalue weighted by Crippen LogP contribution is -2.40. The van der Waals surface area contributed by atoms with E-state index in [1.165, 1.54) is 91.8 Å². The van der Waals surface area contributed by atoms with Gasteiger partial charge in [-0.05, 0) is 110 Å². The van der Waals surface area contributed by atoms with Gasteiger partial charge in [0.1, 0.15) is 0 Å². The SMILES string of the molecule is C1=C(c2ccccc2)SC2=C(c3ccc(-c4cccc5ccccc45)cc3)N=C(n3c4ccc(-c5ccc6c(c5)c5ccccc5n6-c5ccccc5)cc4c4cc5ccccc5cc43)NC12. The fraction of sp³-hybridized carbons (Fsp3) is 0.0161. The van der Waals surface area contributed by atoms with Crippen molar-refractivity contribution < 1.29 is 0 Å². The Labute approximate surface area is 391 Å². The Balaban J connectivity index is 0.941. The van der Waals surface area contributed by atoms with Crippen LogP contribution in [-0.2, 0) is 0 Å². The first-order valence-corrected chi connectivity index (χ1v) is 23.7. The Bertz CT molecular complexity index is 4070. The smallest absolute Gasteiger partial charge is 0.209 e. The molecule has 0 aliphatic carbocycles. The van der Waals surface area contributed by atoms with Crippen LogP contribution in [0.5, 0.6) is 0 Å². The molecule has 314 valence electrons. The molecule has 12 aromatic rings. The average molecular weight is 873 g/mol. The Morgan fingerprint density at radius 2 is 0.955 bits per heavy atom. The molecule has 14 rings (SSSR count). The molecule has 2 aromatic heterocycles. The molecule has 0 fully saturated rings. The van der Waals surface area contributed by atoms with Crippen LogP contribution in [0.3, 0.4) is 0 Å². The highest BCUT2D eigenvalue weighted by atomic mass is 32.2. The number of nitrogens with zero attached hydrogens (tertiary/aromatic N) is 3. The summed E-state index contributed by atoms with van der Waals surface area (Å²) in [7, 11) is 0. The molecule has 10 aromatic carbocycles. The van der Waals surface area contributed by atoms with Crippen molar-refractivity contribution in [2.24, 2.45) is 4.99 Å². The number of benzene rings is 10. The Morgan fingerprint density at radius 1 is 0.388 bits per heavy atom. The topological polar surface area (TPSA) is 34.2 Å². The number of hydrogen-bond acceptors (Lipinski definition) is 3. The van der Waals surface area contributed by atoms with Crippen LogP contribution in [-0.4, -0.2) is 21.1 Å². The third-order valence-electron chi connectivity index (χ3n) is 13.7. The van der Waals surface area contributed by atoms with Crippen molar-refractivity contribution in [3.05, 3.63) is 247 Å². The van der Waals surface area contributed by atoms with E-state index >= 15 is 0 Å². The van der Waals surface area contributed by atoms with Gasteiger partial charge in [-0.15, -0.1) is 0 Å². The molecule has 2 aliphatic rings. The number of aromatic nitrogens is 2. The van der Waals surface area contributed by atoms with E-state index in [0.29, 0.717) is 0 Å². The van der Waals surface area contributed by atoms with Crippen LogP contribution in [0.1, 0.15) is 11.1 Å². The van der Waals surface area contributed by atoms with Gasteiger partial charge in [-0.2, -0.15) is 0 Å². The van der Waals surface area contributed by atoms with E-state index in [1.54, 1.807) is 0 Å². The van der Waals surface area contributed by atoms with Gasteiger partial charge in [0.05, 0.1) is 33.8 Å². The maximum Gasteiger partial charge on any atom is 0.209 e. The Kier molecular flexibility index (Phi) is 8.55. The van der Waals surface area contributed by atoms with Crippen molar-refractivity contribution in [3.8, 4) is 27.9 Å². The summed E-state index contributed by atoms with van der Waals surface area (Å²) in [4.78, 5) is 8.10. The fourth-order valence-electron chi connectivity index (χ4n) is 10.6. The first-order chi connectivity index (χ1) is 33.2. The highest BCUT2D eigenvalue weighted by Gasteiger charge is 2.33. The predicted octanol–water partition coefficient (Wildman–Crippen LogP) is 15.9. The summed E-state index contributed by atoms with van der Waals surface area (Å²) in [6, 6.07) is 81.6. The number of fused-ring (bicyclic) bond motifs is 9. The van der Waals surface area contributed by atoms with E-state index in [0.717, 1.165) is 33.9 Å². The summed E-state index contributed by atoms with van der Waals surface area (Å²) in [6.07, 6.45) is 2.38. The lowest BCUT2D eigenvalue weighted by Gasteiger charge is -2.25. The van der Waals surface area contributed by atoms with E-state index in [2.05, 4.69) is 245 Å². The first-order valence-electron chi connectivity index (χ1n) is 22.9. The van der Waals surface area contributed by atoms with Gasteiger partial charge in [-0.3, -0.25) is 4.57 Å². The fourth-order valence-corrected chi connectivity index (χ4v) is 11.8. The Hall–Kier alpha value is -8.38. The minimum Gasteiger partial charge on any atom is -0.344 e. The minimum atomic E-state index is -0.0579. The molecule has 2 aliphatic heterocycles. The van der Waals surface area contributed by atoms with Gasteiger partial charge in [-0.1, -0.05) is 182 Å². The monoisotopic (exact) mass is 872 g/mol. The number of thioether (sulfide) groups is 1. The molecule has 4 heterocycles. The maximum absolute atomic E-state index is 5.66. The second-order valence-corrected chi connectivity index (χ2v) is 18.7. The third kappa shape index (κ3) is 6.12. The van der Waals surface area contributed by atoms with E-state index in [-0.39, 0.29) is 6.04 Å². The van der Waals surface area contributed by atoms with Crippen molar-refractivity contribution in [3.63, 3.8) is 0 Å². The minimum absolute atomic E-state index is 0.0579. The Morgan fingerprint density at radius 3 is 1.73 bits per heavy atom. The lowest BCUT2D eigenvalue weighted by atomic mass is 9.97. The second-order valence-electron chi connectivity index (χ2n) is 17.6. The third-order valence-corrected chi connectivity index (χ3v) is 15.0. The van der Waals surface area contributed by atoms with Crippen LogP contribution < -0.4 is 5.32 Å². The van der Waals surface area contributed by atoms with Crippen LogP contribution in [0.4, 0.5) is 0 Å². The van der Waals surface area contributed by atoms with Gasteiger partial charge in [0.15, 0.2) is 0 Å². The molecule has 67 heavy (non-hydrogen) atoms. The quantitative estimate of drug-likeness (QED) is 0.187. The predicted molar refractivity (Wildman–Crippen MR) is 285 cm³/mol. The number of para-hydroxylation sites is 2. The van der Waals surface area contributed by atoms with Gasteiger partial charge in [0, 0.05) is 42.6 Å². The molecule has 5 heteroatoms. The van der Waals surface area contributed by atoms with Crippen LogP contribution in [0, 0.1) is 0 Å². The van der Waals surface area contributed by atoms with Gasteiger partial charge in [0.25, 0.3) is 0 Å². The molecule has 0 saturated heterocycles. The molecule has 1 atom stereocenters. The zero-order chi connectivity index (χ0) is 44.0. The van der Waals surface area contributed by atoms with E-state index in [9.17, 15) is 0 Å². The first kappa shape index (κ1) is 37.9. The summed E-state index contributed by atoms with van der Waals surface area (Å²) in [5.74, 6) is 0.811. The average Bonchev–Trinajstić information content (AvgIpc) is 4.08. The normalized spacial score (nSPS) is 14.9. The molecule has 0 bridgehead atoms. The number of nitrogens with one attached hydrogen (secondary N) is 1. The molecular formula is C62H40N4S. The number of hydrogen-bond donors (Lipinski definition) is 1. The van der Waals surface area contributed by atoms with E-state index in [1.807, 2.05) is 11.8 Å². The zero-order valence-electron chi connectivity index (χ0n) is 36.3. The van der Waals surface area contributed by atoms with Crippen LogP contribution in [0.25, 0.3) is 104 Å².